The molecule has 0 unspecified atom stereocenters. The molecule has 5 rings (SSSR count). The van der Waals surface area contributed by atoms with E-state index in [1.807, 2.05) is 0 Å². The van der Waals surface area contributed by atoms with Crippen LogP contribution in [-0.2, 0) is 0 Å². The standard InChI is InChI=1S/C21H11Cl3FN5O/c22-12-3-11(4-14(25)6-12)10-1-2-16-17(5-10)28-21(27-16)29-20(31)18-9-30-8-13(23)7-15(24)19(30)26-18/h1-9H,(H2,27,28,29,31). The molecule has 10 heteroatoms. The molecule has 0 aliphatic carbocycles. The highest BCUT2D eigenvalue weighted by Crippen LogP contribution is 2.28. The van der Waals surface area contributed by atoms with Crippen molar-refractivity contribution in [2.45, 2.75) is 0 Å². The number of H-pyrrole nitrogens is 1. The number of pyridine rings is 1. The third-order valence-corrected chi connectivity index (χ3v) is 5.32. The summed E-state index contributed by atoms with van der Waals surface area (Å²) in [5.41, 5.74) is 3.25. The van der Waals surface area contributed by atoms with Gasteiger partial charge in [-0.25, -0.2) is 14.4 Å². The number of aromatic nitrogens is 4. The Labute approximate surface area is 189 Å². The molecule has 2 aromatic carbocycles. The van der Waals surface area contributed by atoms with Gasteiger partial charge in [0.15, 0.2) is 5.65 Å². The zero-order valence-electron chi connectivity index (χ0n) is 15.5. The molecule has 0 aliphatic heterocycles. The summed E-state index contributed by atoms with van der Waals surface area (Å²) in [5, 5.41) is 3.75. The Balaban J connectivity index is 1.44. The van der Waals surface area contributed by atoms with Crippen LogP contribution in [0.2, 0.25) is 15.1 Å². The lowest BCUT2D eigenvalue weighted by Gasteiger charge is -2.03. The predicted octanol–water partition coefficient (Wildman–Crippen LogP) is 6.23. The normalized spacial score (nSPS) is 11.4. The first kappa shape index (κ1) is 19.8. The average molecular weight is 475 g/mol. The van der Waals surface area contributed by atoms with Gasteiger partial charge in [0.1, 0.15) is 11.5 Å². The van der Waals surface area contributed by atoms with Crippen LogP contribution in [0.1, 0.15) is 10.5 Å². The van der Waals surface area contributed by atoms with E-state index >= 15 is 0 Å². The Morgan fingerprint density at radius 1 is 0.968 bits per heavy atom. The third kappa shape index (κ3) is 3.83. The van der Waals surface area contributed by atoms with Crippen molar-refractivity contribution in [1.82, 2.24) is 19.4 Å². The summed E-state index contributed by atoms with van der Waals surface area (Å²) < 4.78 is 15.3. The van der Waals surface area contributed by atoms with Crippen molar-refractivity contribution in [2.75, 3.05) is 5.32 Å². The van der Waals surface area contributed by atoms with E-state index in [1.54, 1.807) is 40.9 Å². The van der Waals surface area contributed by atoms with Gasteiger partial charge >= 0.3 is 0 Å². The van der Waals surface area contributed by atoms with Gasteiger partial charge in [0, 0.05) is 17.4 Å². The van der Waals surface area contributed by atoms with Gasteiger partial charge in [-0.3, -0.25) is 10.1 Å². The van der Waals surface area contributed by atoms with Crippen molar-refractivity contribution < 1.29 is 9.18 Å². The zero-order chi connectivity index (χ0) is 21.7. The van der Waals surface area contributed by atoms with Crippen LogP contribution < -0.4 is 5.32 Å². The number of rotatable bonds is 3. The maximum atomic E-state index is 13.7. The Hall–Kier alpha value is -3.13. The minimum absolute atomic E-state index is 0.153. The first-order valence-electron chi connectivity index (χ1n) is 8.97. The van der Waals surface area contributed by atoms with Crippen LogP contribution >= 0.6 is 34.8 Å². The summed E-state index contributed by atoms with van der Waals surface area (Å²) in [6.45, 7) is 0. The second-order valence-electron chi connectivity index (χ2n) is 6.79. The second kappa shape index (κ2) is 7.53. The van der Waals surface area contributed by atoms with Gasteiger partial charge in [-0.05, 0) is 47.5 Å². The second-order valence-corrected chi connectivity index (χ2v) is 8.07. The van der Waals surface area contributed by atoms with Crippen LogP contribution in [0, 0.1) is 5.82 Å². The number of amides is 1. The lowest BCUT2D eigenvalue weighted by molar-refractivity contribution is 0.102. The molecule has 5 aromatic rings. The van der Waals surface area contributed by atoms with Crippen LogP contribution in [-0.4, -0.2) is 25.3 Å². The van der Waals surface area contributed by atoms with Gasteiger partial charge < -0.3 is 9.38 Å². The number of fused-ring (bicyclic) bond motifs is 2. The molecule has 2 N–H and O–H groups in total. The van der Waals surface area contributed by atoms with Crippen LogP contribution in [0.3, 0.4) is 0 Å². The SMILES string of the molecule is O=C(Nc1nc2ccc(-c3cc(F)cc(Cl)c3)cc2[nH]1)c1cn2cc(Cl)cc(Cl)c2n1. The van der Waals surface area contributed by atoms with Gasteiger partial charge in [0.05, 0.1) is 21.1 Å². The van der Waals surface area contributed by atoms with E-state index in [0.29, 0.717) is 37.3 Å². The number of nitrogens with zero attached hydrogens (tertiary/aromatic N) is 3. The first-order valence-corrected chi connectivity index (χ1v) is 10.1. The maximum Gasteiger partial charge on any atom is 0.278 e. The van der Waals surface area contributed by atoms with Crippen LogP contribution in [0.5, 0.6) is 0 Å². The highest BCUT2D eigenvalue weighted by Gasteiger charge is 2.15. The molecule has 0 fully saturated rings. The topological polar surface area (TPSA) is 75.1 Å². The highest BCUT2D eigenvalue weighted by atomic mass is 35.5. The Morgan fingerprint density at radius 2 is 1.81 bits per heavy atom. The fourth-order valence-corrected chi connectivity index (χ4v) is 4.02. The number of carbonyl (C=O) groups excluding carboxylic acids is 1. The van der Waals surface area contributed by atoms with Crippen molar-refractivity contribution in [3.05, 3.63) is 81.4 Å². The van der Waals surface area contributed by atoms with E-state index in [1.165, 1.54) is 18.3 Å². The molecule has 0 aliphatic rings. The molecular weight excluding hydrogens is 464 g/mol. The van der Waals surface area contributed by atoms with Crippen LogP contribution in [0.4, 0.5) is 10.3 Å². The number of benzene rings is 2. The van der Waals surface area contributed by atoms with E-state index in [4.69, 9.17) is 34.8 Å². The van der Waals surface area contributed by atoms with E-state index in [9.17, 15) is 9.18 Å². The van der Waals surface area contributed by atoms with E-state index in [2.05, 4.69) is 20.3 Å². The molecule has 0 spiro atoms. The highest BCUT2D eigenvalue weighted by molar-refractivity contribution is 6.36. The Bertz CT molecular complexity index is 1470. The predicted molar refractivity (Wildman–Crippen MR) is 120 cm³/mol. The van der Waals surface area contributed by atoms with Gasteiger partial charge in [0.25, 0.3) is 5.91 Å². The third-order valence-electron chi connectivity index (χ3n) is 4.62. The number of anilines is 1. The largest absolute Gasteiger partial charge is 0.324 e. The molecule has 1 amide bonds. The average Bonchev–Trinajstić information content (AvgIpc) is 3.30. The number of hydrogen-bond acceptors (Lipinski definition) is 3. The molecule has 6 nitrogen and oxygen atoms in total. The monoisotopic (exact) mass is 473 g/mol. The number of aromatic amines is 1. The van der Waals surface area contributed by atoms with Gasteiger partial charge in [-0.1, -0.05) is 40.9 Å². The first-order chi connectivity index (χ1) is 14.9. The van der Waals surface area contributed by atoms with Crippen LogP contribution in [0.15, 0.2) is 54.9 Å². The maximum absolute atomic E-state index is 13.7. The molecule has 0 atom stereocenters. The summed E-state index contributed by atoms with van der Waals surface area (Å²) in [6.07, 6.45) is 3.13. The van der Waals surface area contributed by atoms with E-state index < -0.39 is 11.7 Å². The molecule has 0 radical (unpaired) electrons. The lowest BCUT2D eigenvalue weighted by atomic mass is 10.1. The number of halogens is 4. The smallest absolute Gasteiger partial charge is 0.278 e. The quantitative estimate of drug-likeness (QED) is 0.325. The van der Waals surface area contributed by atoms with Crippen molar-refractivity contribution >= 4 is 63.3 Å². The summed E-state index contributed by atoms with van der Waals surface area (Å²) >= 11 is 18.1. The Kier molecular flexibility index (Phi) is 4.81. The number of imidazole rings is 2. The minimum atomic E-state index is -0.466. The molecule has 3 aromatic heterocycles. The van der Waals surface area contributed by atoms with E-state index in [-0.39, 0.29) is 11.6 Å². The number of carbonyl (C=O) groups is 1. The molecular formula is C21H11Cl3FN5O. The summed E-state index contributed by atoms with van der Waals surface area (Å²) in [6, 6.07) is 11.2. The van der Waals surface area contributed by atoms with Crippen molar-refractivity contribution in [3.63, 3.8) is 0 Å². The minimum Gasteiger partial charge on any atom is -0.324 e. The van der Waals surface area contributed by atoms with Gasteiger partial charge in [-0.2, -0.15) is 0 Å². The molecule has 154 valence electrons. The molecule has 0 bridgehead atoms. The zero-order valence-corrected chi connectivity index (χ0v) is 17.7. The Morgan fingerprint density at radius 3 is 2.61 bits per heavy atom. The van der Waals surface area contributed by atoms with Crippen LogP contribution in [0.25, 0.3) is 27.8 Å². The number of nitrogens with one attached hydrogen (secondary N) is 2. The molecule has 3 heterocycles. The number of hydrogen-bond donors (Lipinski definition) is 2. The van der Waals surface area contributed by atoms with Crippen molar-refractivity contribution in [3.8, 4) is 11.1 Å². The molecule has 0 saturated carbocycles. The van der Waals surface area contributed by atoms with Gasteiger partial charge in [-0.15, -0.1) is 0 Å². The lowest BCUT2D eigenvalue weighted by Crippen LogP contribution is -2.13. The summed E-state index contributed by atoms with van der Waals surface area (Å²) in [4.78, 5) is 24.3. The fraction of sp³-hybridized carbons (Fsp3) is 0. The van der Waals surface area contributed by atoms with Gasteiger partial charge in [0.2, 0.25) is 5.95 Å². The fourth-order valence-electron chi connectivity index (χ4n) is 3.27. The van der Waals surface area contributed by atoms with Crippen molar-refractivity contribution in [1.29, 1.82) is 0 Å². The molecule has 31 heavy (non-hydrogen) atoms. The van der Waals surface area contributed by atoms with Crippen molar-refractivity contribution in [2.24, 2.45) is 0 Å². The summed E-state index contributed by atoms with van der Waals surface area (Å²) in [7, 11) is 0. The van der Waals surface area contributed by atoms with E-state index in [0.717, 1.165) is 5.56 Å². The molecule has 0 saturated heterocycles. The summed E-state index contributed by atoms with van der Waals surface area (Å²) in [5.74, 6) is -0.642.